The number of aromatic nitrogens is 3. The van der Waals surface area contributed by atoms with E-state index in [1.807, 2.05) is 42.5 Å². The molecule has 150 valence electrons. The number of anilines is 2. The number of carbonyl (C=O) groups excluding carboxylic acids is 1. The second-order valence-corrected chi connectivity index (χ2v) is 7.89. The zero-order valence-corrected chi connectivity index (χ0v) is 16.9. The van der Waals surface area contributed by atoms with E-state index >= 15 is 0 Å². The molecule has 1 fully saturated rings. The fourth-order valence-electron chi connectivity index (χ4n) is 3.28. The topological polar surface area (TPSA) is 80.2 Å². The van der Waals surface area contributed by atoms with Crippen molar-refractivity contribution in [1.29, 1.82) is 0 Å². The molecule has 7 nitrogen and oxygen atoms in total. The highest BCUT2D eigenvalue weighted by molar-refractivity contribution is 7.22. The number of nitrogens with zero attached hydrogens (tertiary/aromatic N) is 4. The molecular weight excluding hydrogens is 398 g/mol. The molecule has 1 aliphatic heterocycles. The summed E-state index contributed by atoms with van der Waals surface area (Å²) in [5.74, 6) is -0.220. The van der Waals surface area contributed by atoms with Gasteiger partial charge < -0.3 is 15.0 Å². The Morgan fingerprint density at radius 1 is 1.07 bits per heavy atom. The highest BCUT2D eigenvalue weighted by Crippen LogP contribution is 2.31. The van der Waals surface area contributed by atoms with Crippen molar-refractivity contribution in [2.24, 2.45) is 0 Å². The fraction of sp³-hybridized carbons (Fsp3) is 0.182. The van der Waals surface area contributed by atoms with E-state index in [0.29, 0.717) is 5.69 Å². The molecule has 30 heavy (non-hydrogen) atoms. The van der Waals surface area contributed by atoms with Crippen LogP contribution in [0.15, 0.2) is 54.7 Å². The number of thiazole rings is 1. The molecule has 1 aliphatic rings. The van der Waals surface area contributed by atoms with E-state index in [0.717, 1.165) is 58.4 Å². The number of amides is 1. The van der Waals surface area contributed by atoms with Gasteiger partial charge in [0.25, 0.3) is 0 Å². The number of nitrogens with one attached hydrogen (secondary N) is 1. The Labute approximate surface area is 177 Å². The molecular formula is C22H19N5O2S. The van der Waals surface area contributed by atoms with Crippen LogP contribution in [0.4, 0.5) is 10.8 Å². The van der Waals surface area contributed by atoms with Crippen molar-refractivity contribution in [3.8, 4) is 0 Å². The number of carbonyl (C=O) groups is 1. The third kappa shape index (κ3) is 4.00. The Morgan fingerprint density at radius 2 is 1.90 bits per heavy atom. The maximum Gasteiger partial charge on any atom is 0.248 e. The van der Waals surface area contributed by atoms with Crippen LogP contribution in [0.3, 0.4) is 0 Å². The number of morpholine rings is 1. The third-order valence-corrected chi connectivity index (χ3v) is 5.88. The fourth-order valence-corrected chi connectivity index (χ4v) is 4.33. The van der Waals surface area contributed by atoms with Gasteiger partial charge in [-0.15, -0.1) is 0 Å². The van der Waals surface area contributed by atoms with Crippen LogP contribution < -0.4 is 10.2 Å². The summed E-state index contributed by atoms with van der Waals surface area (Å²) in [6.07, 6.45) is 4.79. The first-order valence-corrected chi connectivity index (χ1v) is 10.5. The van der Waals surface area contributed by atoms with Gasteiger partial charge in [0.05, 0.1) is 46.4 Å². The molecule has 1 amide bonds. The maximum absolute atomic E-state index is 12.4. The van der Waals surface area contributed by atoms with E-state index in [4.69, 9.17) is 9.72 Å². The first kappa shape index (κ1) is 18.7. The number of para-hydroxylation sites is 2. The molecule has 0 bridgehead atoms. The SMILES string of the molecule is O=C(/C=C/c1cnc2ccccc2n1)Nc1ccc2nc(N3CCOCC3)sc2c1. The Morgan fingerprint density at radius 3 is 2.77 bits per heavy atom. The van der Waals surface area contributed by atoms with E-state index in [1.54, 1.807) is 23.6 Å². The molecule has 0 unspecified atom stereocenters. The second-order valence-electron chi connectivity index (χ2n) is 6.88. The lowest BCUT2D eigenvalue weighted by atomic mass is 10.2. The zero-order chi connectivity index (χ0) is 20.3. The maximum atomic E-state index is 12.4. The summed E-state index contributed by atoms with van der Waals surface area (Å²) in [4.78, 5) is 28.1. The van der Waals surface area contributed by atoms with Crippen molar-refractivity contribution >= 4 is 55.4 Å². The summed E-state index contributed by atoms with van der Waals surface area (Å²) in [5.41, 5.74) is 3.93. The number of hydrogen-bond donors (Lipinski definition) is 1. The minimum atomic E-state index is -0.220. The van der Waals surface area contributed by atoms with Crippen LogP contribution in [0.25, 0.3) is 27.3 Å². The van der Waals surface area contributed by atoms with Crippen molar-refractivity contribution in [1.82, 2.24) is 15.0 Å². The van der Waals surface area contributed by atoms with E-state index in [2.05, 4.69) is 20.2 Å². The molecule has 4 aromatic rings. The minimum absolute atomic E-state index is 0.220. The molecule has 1 saturated heterocycles. The number of fused-ring (bicyclic) bond motifs is 2. The van der Waals surface area contributed by atoms with E-state index in [1.165, 1.54) is 6.08 Å². The largest absolute Gasteiger partial charge is 0.378 e. The van der Waals surface area contributed by atoms with Gasteiger partial charge in [-0.1, -0.05) is 23.5 Å². The first-order chi connectivity index (χ1) is 14.7. The summed E-state index contributed by atoms with van der Waals surface area (Å²) in [6, 6.07) is 13.4. The van der Waals surface area contributed by atoms with Gasteiger partial charge in [0.2, 0.25) is 5.91 Å². The molecule has 8 heteroatoms. The van der Waals surface area contributed by atoms with Crippen LogP contribution >= 0.6 is 11.3 Å². The predicted molar refractivity (Wildman–Crippen MR) is 120 cm³/mol. The van der Waals surface area contributed by atoms with Gasteiger partial charge in [-0.05, 0) is 36.4 Å². The molecule has 0 atom stereocenters. The van der Waals surface area contributed by atoms with Crippen molar-refractivity contribution in [2.45, 2.75) is 0 Å². The first-order valence-electron chi connectivity index (χ1n) is 9.69. The van der Waals surface area contributed by atoms with Gasteiger partial charge in [-0.2, -0.15) is 0 Å². The lowest BCUT2D eigenvalue weighted by molar-refractivity contribution is -0.111. The predicted octanol–water partition coefficient (Wildman–Crippen LogP) is 3.73. The van der Waals surface area contributed by atoms with Crippen LogP contribution in [-0.2, 0) is 9.53 Å². The van der Waals surface area contributed by atoms with Gasteiger partial charge in [-0.3, -0.25) is 9.78 Å². The van der Waals surface area contributed by atoms with E-state index in [9.17, 15) is 4.79 Å². The highest BCUT2D eigenvalue weighted by Gasteiger charge is 2.15. The Balaban J connectivity index is 1.29. The number of ether oxygens (including phenoxy) is 1. The van der Waals surface area contributed by atoms with Gasteiger partial charge in [0, 0.05) is 24.9 Å². The molecule has 1 N–H and O–H groups in total. The molecule has 0 saturated carbocycles. The molecule has 5 rings (SSSR count). The average molecular weight is 417 g/mol. The summed E-state index contributed by atoms with van der Waals surface area (Å²) >= 11 is 1.63. The monoisotopic (exact) mass is 417 g/mol. The van der Waals surface area contributed by atoms with Gasteiger partial charge in [0.15, 0.2) is 5.13 Å². The van der Waals surface area contributed by atoms with Crippen LogP contribution in [-0.4, -0.2) is 47.2 Å². The molecule has 0 aliphatic carbocycles. The standard InChI is InChI=1S/C22H19N5O2S/c28-21(8-6-16-14-23-17-3-1-2-4-18(17)24-16)25-15-5-7-19-20(13-15)30-22(26-19)27-9-11-29-12-10-27/h1-8,13-14H,9-12H2,(H,25,28)/b8-6+. The highest BCUT2D eigenvalue weighted by atomic mass is 32.1. The Kier molecular flexibility index (Phi) is 5.08. The number of rotatable bonds is 4. The van der Waals surface area contributed by atoms with Crippen molar-refractivity contribution in [2.75, 3.05) is 36.5 Å². The summed E-state index contributed by atoms with van der Waals surface area (Å²) < 4.78 is 6.45. The van der Waals surface area contributed by atoms with Crippen LogP contribution in [0.1, 0.15) is 5.69 Å². The Bertz CT molecular complexity index is 1250. The van der Waals surface area contributed by atoms with Gasteiger partial charge in [-0.25, -0.2) is 9.97 Å². The molecule has 3 heterocycles. The molecule has 2 aromatic carbocycles. The quantitative estimate of drug-likeness (QED) is 0.510. The molecule has 2 aromatic heterocycles. The second kappa shape index (κ2) is 8.17. The normalized spacial score (nSPS) is 14.6. The van der Waals surface area contributed by atoms with Gasteiger partial charge >= 0.3 is 0 Å². The van der Waals surface area contributed by atoms with Crippen LogP contribution in [0.5, 0.6) is 0 Å². The van der Waals surface area contributed by atoms with Crippen LogP contribution in [0.2, 0.25) is 0 Å². The smallest absolute Gasteiger partial charge is 0.248 e. The molecule has 0 spiro atoms. The van der Waals surface area contributed by atoms with Gasteiger partial charge in [0.1, 0.15) is 0 Å². The molecule has 0 radical (unpaired) electrons. The Hall–Kier alpha value is -3.36. The van der Waals surface area contributed by atoms with E-state index < -0.39 is 0 Å². The summed E-state index contributed by atoms with van der Waals surface area (Å²) in [7, 11) is 0. The summed E-state index contributed by atoms with van der Waals surface area (Å²) in [5, 5.41) is 3.89. The number of benzene rings is 2. The van der Waals surface area contributed by atoms with E-state index in [-0.39, 0.29) is 5.91 Å². The average Bonchev–Trinajstić information content (AvgIpc) is 3.22. The van der Waals surface area contributed by atoms with Crippen molar-refractivity contribution in [3.63, 3.8) is 0 Å². The summed E-state index contributed by atoms with van der Waals surface area (Å²) in [6.45, 7) is 3.16. The number of hydrogen-bond acceptors (Lipinski definition) is 7. The third-order valence-electron chi connectivity index (χ3n) is 4.80. The minimum Gasteiger partial charge on any atom is -0.378 e. The lowest BCUT2D eigenvalue weighted by Gasteiger charge is -2.25. The van der Waals surface area contributed by atoms with Crippen molar-refractivity contribution < 1.29 is 9.53 Å². The van der Waals surface area contributed by atoms with Crippen LogP contribution in [0, 0.1) is 0 Å². The van der Waals surface area contributed by atoms with Crippen molar-refractivity contribution in [3.05, 3.63) is 60.4 Å². The lowest BCUT2D eigenvalue weighted by Crippen LogP contribution is -2.36. The zero-order valence-electron chi connectivity index (χ0n) is 16.1.